The summed E-state index contributed by atoms with van der Waals surface area (Å²) in [4.78, 5) is 6.78. The monoisotopic (exact) mass is 340 g/mol. The fourth-order valence-corrected chi connectivity index (χ4v) is 2.61. The van der Waals surface area contributed by atoms with E-state index in [1.165, 1.54) is 12.8 Å². The second-order valence-electron chi connectivity index (χ2n) is 5.50. The quantitative estimate of drug-likeness (QED) is 0.532. The SMILES string of the molecule is COCCN(CCN=C(N)Nc1ccc(OC)c(Cl)c1)C1CC1. The zero-order chi connectivity index (χ0) is 16.7. The molecule has 6 nitrogen and oxygen atoms in total. The summed E-state index contributed by atoms with van der Waals surface area (Å²) in [5.41, 5.74) is 6.71. The third-order valence-electron chi connectivity index (χ3n) is 3.74. The molecule has 0 unspecified atom stereocenters. The number of rotatable bonds is 9. The van der Waals surface area contributed by atoms with Crippen molar-refractivity contribution in [1.82, 2.24) is 4.90 Å². The molecule has 0 aliphatic heterocycles. The Bertz CT molecular complexity index is 535. The molecule has 3 N–H and O–H groups in total. The third kappa shape index (κ3) is 5.89. The van der Waals surface area contributed by atoms with E-state index in [1.807, 2.05) is 6.07 Å². The molecule has 0 atom stereocenters. The number of hydrogen-bond acceptors (Lipinski definition) is 4. The average molecular weight is 341 g/mol. The first-order valence-corrected chi connectivity index (χ1v) is 8.15. The van der Waals surface area contributed by atoms with Crippen molar-refractivity contribution in [1.29, 1.82) is 0 Å². The Kier molecular flexibility index (Phi) is 6.95. The van der Waals surface area contributed by atoms with E-state index in [4.69, 9.17) is 26.8 Å². The molecule has 1 fully saturated rings. The van der Waals surface area contributed by atoms with Gasteiger partial charge in [0.2, 0.25) is 0 Å². The Hall–Kier alpha value is -1.50. The van der Waals surface area contributed by atoms with Gasteiger partial charge in [-0.3, -0.25) is 9.89 Å². The van der Waals surface area contributed by atoms with E-state index in [1.54, 1.807) is 26.4 Å². The molecule has 0 saturated heterocycles. The lowest BCUT2D eigenvalue weighted by Gasteiger charge is -2.20. The van der Waals surface area contributed by atoms with Crippen molar-refractivity contribution in [3.8, 4) is 5.75 Å². The number of halogens is 1. The van der Waals surface area contributed by atoms with Gasteiger partial charge in [-0.15, -0.1) is 0 Å². The van der Waals surface area contributed by atoms with Crippen molar-refractivity contribution in [2.75, 3.05) is 45.8 Å². The topological polar surface area (TPSA) is 72.1 Å². The standard InChI is InChI=1S/C16H25ClN4O2/c1-22-10-9-21(13-4-5-13)8-7-19-16(18)20-12-3-6-15(23-2)14(17)11-12/h3,6,11,13H,4-5,7-10H2,1-2H3,(H3,18,19,20). The Balaban J connectivity index is 1.81. The molecule has 1 aliphatic carbocycles. The van der Waals surface area contributed by atoms with Crippen LogP contribution in [0.3, 0.4) is 0 Å². The number of methoxy groups -OCH3 is 2. The Morgan fingerprint density at radius 1 is 1.39 bits per heavy atom. The molecular weight excluding hydrogens is 316 g/mol. The van der Waals surface area contributed by atoms with Crippen molar-refractivity contribution in [3.63, 3.8) is 0 Å². The van der Waals surface area contributed by atoms with Crippen LogP contribution in [0.25, 0.3) is 0 Å². The van der Waals surface area contributed by atoms with Crippen molar-refractivity contribution < 1.29 is 9.47 Å². The molecule has 0 spiro atoms. The molecular formula is C16H25ClN4O2. The second kappa shape index (κ2) is 8.96. The smallest absolute Gasteiger partial charge is 0.193 e. The number of ether oxygens (including phenoxy) is 2. The van der Waals surface area contributed by atoms with Crippen LogP contribution in [0.4, 0.5) is 5.69 Å². The van der Waals surface area contributed by atoms with Gasteiger partial charge >= 0.3 is 0 Å². The summed E-state index contributed by atoms with van der Waals surface area (Å²) < 4.78 is 10.3. The summed E-state index contributed by atoms with van der Waals surface area (Å²) in [6.07, 6.45) is 2.54. The maximum atomic E-state index is 6.08. The van der Waals surface area contributed by atoms with Crippen molar-refractivity contribution in [3.05, 3.63) is 23.2 Å². The van der Waals surface area contributed by atoms with Gasteiger partial charge in [-0.2, -0.15) is 0 Å². The zero-order valence-electron chi connectivity index (χ0n) is 13.7. The van der Waals surface area contributed by atoms with Gasteiger partial charge in [0, 0.05) is 31.9 Å². The maximum absolute atomic E-state index is 6.08. The first-order valence-electron chi connectivity index (χ1n) is 7.77. The molecule has 1 saturated carbocycles. The van der Waals surface area contributed by atoms with E-state index in [0.29, 0.717) is 29.3 Å². The maximum Gasteiger partial charge on any atom is 0.193 e. The minimum Gasteiger partial charge on any atom is -0.495 e. The first kappa shape index (κ1) is 17.8. The van der Waals surface area contributed by atoms with Gasteiger partial charge in [0.1, 0.15) is 5.75 Å². The average Bonchev–Trinajstić information content (AvgIpc) is 3.35. The number of benzene rings is 1. The lowest BCUT2D eigenvalue weighted by Crippen LogP contribution is -2.33. The molecule has 128 valence electrons. The number of nitrogens with two attached hydrogens (primary N) is 1. The van der Waals surface area contributed by atoms with Crippen LogP contribution in [0.15, 0.2) is 23.2 Å². The van der Waals surface area contributed by atoms with Crippen LogP contribution in [-0.4, -0.2) is 57.4 Å². The number of hydrogen-bond donors (Lipinski definition) is 2. The van der Waals surface area contributed by atoms with Gasteiger partial charge in [0.05, 0.1) is 25.3 Å². The van der Waals surface area contributed by atoms with Crippen LogP contribution in [0.2, 0.25) is 5.02 Å². The second-order valence-corrected chi connectivity index (χ2v) is 5.91. The summed E-state index contributed by atoms with van der Waals surface area (Å²) in [6, 6.07) is 6.09. The van der Waals surface area contributed by atoms with Crippen molar-refractivity contribution in [2.45, 2.75) is 18.9 Å². The Morgan fingerprint density at radius 2 is 2.17 bits per heavy atom. The highest BCUT2D eigenvalue weighted by Gasteiger charge is 2.27. The fourth-order valence-electron chi connectivity index (χ4n) is 2.36. The van der Waals surface area contributed by atoms with E-state index in [-0.39, 0.29) is 0 Å². The molecule has 0 bridgehead atoms. The fraction of sp³-hybridized carbons (Fsp3) is 0.562. The zero-order valence-corrected chi connectivity index (χ0v) is 14.5. The summed E-state index contributed by atoms with van der Waals surface area (Å²) in [6.45, 7) is 3.24. The number of aliphatic imine (C=N–C) groups is 1. The van der Waals surface area contributed by atoms with Gasteiger partial charge < -0.3 is 20.5 Å². The van der Waals surface area contributed by atoms with E-state index >= 15 is 0 Å². The summed E-state index contributed by atoms with van der Waals surface area (Å²) >= 11 is 6.08. The molecule has 1 aromatic rings. The van der Waals surface area contributed by atoms with E-state index in [0.717, 1.165) is 25.4 Å². The van der Waals surface area contributed by atoms with Gasteiger partial charge in [-0.25, -0.2) is 0 Å². The number of guanidine groups is 1. The van der Waals surface area contributed by atoms with Crippen molar-refractivity contribution in [2.24, 2.45) is 10.7 Å². The lowest BCUT2D eigenvalue weighted by atomic mass is 10.3. The van der Waals surface area contributed by atoms with Crippen molar-refractivity contribution >= 4 is 23.2 Å². The van der Waals surface area contributed by atoms with Gasteiger partial charge in [-0.1, -0.05) is 11.6 Å². The van der Waals surface area contributed by atoms with Gasteiger partial charge in [-0.05, 0) is 31.0 Å². The minimum absolute atomic E-state index is 0.383. The predicted molar refractivity (Wildman–Crippen MR) is 94.6 cm³/mol. The number of nitrogens with one attached hydrogen (secondary N) is 1. The summed E-state index contributed by atoms with van der Waals surface area (Å²) in [5.74, 6) is 1.01. The first-order chi connectivity index (χ1) is 11.1. The van der Waals surface area contributed by atoms with Gasteiger partial charge in [0.15, 0.2) is 5.96 Å². The molecule has 0 radical (unpaired) electrons. The molecule has 0 aromatic heterocycles. The molecule has 23 heavy (non-hydrogen) atoms. The van der Waals surface area contributed by atoms with Crippen LogP contribution >= 0.6 is 11.6 Å². The Labute approximate surface area is 142 Å². The lowest BCUT2D eigenvalue weighted by molar-refractivity contribution is 0.145. The highest BCUT2D eigenvalue weighted by Crippen LogP contribution is 2.27. The van der Waals surface area contributed by atoms with Crippen LogP contribution in [0.1, 0.15) is 12.8 Å². The molecule has 0 amide bonds. The molecule has 0 heterocycles. The van der Waals surface area contributed by atoms with Crippen LogP contribution in [-0.2, 0) is 4.74 Å². The van der Waals surface area contributed by atoms with E-state index in [2.05, 4.69) is 15.2 Å². The molecule has 1 aliphatic rings. The van der Waals surface area contributed by atoms with E-state index in [9.17, 15) is 0 Å². The van der Waals surface area contributed by atoms with Crippen LogP contribution in [0, 0.1) is 0 Å². The Morgan fingerprint density at radius 3 is 2.78 bits per heavy atom. The minimum atomic E-state index is 0.383. The predicted octanol–water partition coefficient (Wildman–Crippen LogP) is 2.19. The molecule has 2 rings (SSSR count). The molecule has 7 heteroatoms. The van der Waals surface area contributed by atoms with Crippen LogP contribution < -0.4 is 15.8 Å². The molecule has 1 aromatic carbocycles. The van der Waals surface area contributed by atoms with Gasteiger partial charge in [0.25, 0.3) is 0 Å². The normalized spacial score (nSPS) is 15.0. The summed E-state index contributed by atoms with van der Waals surface area (Å²) in [7, 11) is 3.31. The van der Waals surface area contributed by atoms with Crippen LogP contribution in [0.5, 0.6) is 5.75 Å². The highest BCUT2D eigenvalue weighted by molar-refractivity contribution is 6.32. The highest BCUT2D eigenvalue weighted by atomic mass is 35.5. The van der Waals surface area contributed by atoms with E-state index < -0.39 is 0 Å². The summed E-state index contributed by atoms with van der Waals surface area (Å²) in [5, 5.41) is 3.57. The third-order valence-corrected chi connectivity index (χ3v) is 4.03. The largest absolute Gasteiger partial charge is 0.495 e. The number of anilines is 1. The number of nitrogens with zero attached hydrogens (tertiary/aromatic N) is 2.